The summed E-state index contributed by atoms with van der Waals surface area (Å²) in [6, 6.07) is 16.1. The summed E-state index contributed by atoms with van der Waals surface area (Å²) >= 11 is 0. The van der Waals surface area contributed by atoms with Crippen LogP contribution in [0.4, 0.5) is 0 Å². The number of carbonyl (C=O) groups is 2. The highest BCUT2D eigenvalue weighted by Gasteiger charge is 2.14. The van der Waals surface area contributed by atoms with Gasteiger partial charge in [-0.1, -0.05) is 42.5 Å². The van der Waals surface area contributed by atoms with Crippen LogP contribution < -0.4 is 0 Å². The predicted octanol–water partition coefficient (Wildman–Crippen LogP) is 3.64. The zero-order valence-corrected chi connectivity index (χ0v) is 13.6. The molecule has 0 atom stereocenters. The quantitative estimate of drug-likeness (QED) is 0.365. The fraction of sp³-hybridized carbons (Fsp3) is 0.150. The summed E-state index contributed by atoms with van der Waals surface area (Å²) in [6.07, 6.45) is 1.43. The molecule has 2 rings (SSSR count). The van der Waals surface area contributed by atoms with Gasteiger partial charge in [0, 0.05) is 5.56 Å². The number of aryl methyl sites for hydroxylation is 2. The monoisotopic (exact) mass is 319 g/mol. The Balaban J connectivity index is 2.03. The molecule has 0 heterocycles. The third kappa shape index (κ3) is 4.40. The van der Waals surface area contributed by atoms with Crippen molar-refractivity contribution in [3.05, 3.63) is 76.4 Å². The Morgan fingerprint density at radius 3 is 2.42 bits per heavy atom. The van der Waals surface area contributed by atoms with E-state index in [0.717, 1.165) is 11.1 Å². The standard InChI is InChI=1S/C20H17NO3/c1-14-8-9-17(10-15(14)2)19(22)13-24-20(23)18(12-21)11-16-6-4-3-5-7-16/h3-11H,13H2,1-2H3. The van der Waals surface area contributed by atoms with Crippen molar-refractivity contribution in [1.82, 2.24) is 0 Å². The van der Waals surface area contributed by atoms with Crippen LogP contribution in [0.2, 0.25) is 0 Å². The minimum Gasteiger partial charge on any atom is -0.453 e. The molecule has 4 nitrogen and oxygen atoms in total. The fourth-order valence-corrected chi connectivity index (χ4v) is 2.06. The van der Waals surface area contributed by atoms with E-state index in [1.807, 2.05) is 26.0 Å². The number of carbonyl (C=O) groups excluding carboxylic acids is 2. The third-order valence-electron chi connectivity index (χ3n) is 3.61. The maximum atomic E-state index is 12.1. The van der Waals surface area contributed by atoms with Crippen LogP contribution in [0.1, 0.15) is 27.0 Å². The van der Waals surface area contributed by atoms with Gasteiger partial charge in [0.2, 0.25) is 0 Å². The molecule has 24 heavy (non-hydrogen) atoms. The zero-order valence-electron chi connectivity index (χ0n) is 13.6. The van der Waals surface area contributed by atoms with Crippen molar-refractivity contribution in [2.24, 2.45) is 0 Å². The van der Waals surface area contributed by atoms with Gasteiger partial charge in [-0.25, -0.2) is 4.79 Å². The summed E-state index contributed by atoms with van der Waals surface area (Å²) in [6.45, 7) is 3.47. The summed E-state index contributed by atoms with van der Waals surface area (Å²) in [5.74, 6) is -1.11. The first-order valence-corrected chi connectivity index (χ1v) is 7.45. The van der Waals surface area contributed by atoms with Crippen molar-refractivity contribution in [2.45, 2.75) is 13.8 Å². The maximum absolute atomic E-state index is 12.1. The number of Topliss-reactive ketones (excluding diaryl/α,β-unsaturated/α-hetero) is 1. The van der Waals surface area contributed by atoms with Crippen LogP contribution in [0, 0.1) is 25.2 Å². The minimum atomic E-state index is -0.807. The van der Waals surface area contributed by atoms with Crippen LogP contribution in [-0.4, -0.2) is 18.4 Å². The molecule has 0 aromatic heterocycles. The van der Waals surface area contributed by atoms with Gasteiger partial charge in [-0.15, -0.1) is 0 Å². The van der Waals surface area contributed by atoms with Crippen molar-refractivity contribution in [2.75, 3.05) is 6.61 Å². The normalized spacial score (nSPS) is 10.8. The third-order valence-corrected chi connectivity index (χ3v) is 3.61. The number of benzene rings is 2. The van der Waals surface area contributed by atoms with E-state index in [4.69, 9.17) is 10.00 Å². The lowest BCUT2D eigenvalue weighted by atomic mass is 10.0. The van der Waals surface area contributed by atoms with Crippen LogP contribution >= 0.6 is 0 Å². The Bertz CT molecular complexity index is 830. The first-order chi connectivity index (χ1) is 11.5. The van der Waals surface area contributed by atoms with Gasteiger partial charge in [-0.2, -0.15) is 5.26 Å². The summed E-state index contributed by atoms with van der Waals surface area (Å²) in [4.78, 5) is 24.1. The molecule has 0 saturated heterocycles. The van der Waals surface area contributed by atoms with E-state index in [1.54, 1.807) is 42.5 Å². The second-order valence-corrected chi connectivity index (χ2v) is 5.38. The van der Waals surface area contributed by atoms with E-state index < -0.39 is 12.6 Å². The average molecular weight is 319 g/mol. The zero-order chi connectivity index (χ0) is 17.5. The first-order valence-electron chi connectivity index (χ1n) is 7.45. The van der Waals surface area contributed by atoms with Gasteiger partial charge >= 0.3 is 5.97 Å². The fourth-order valence-electron chi connectivity index (χ4n) is 2.06. The Morgan fingerprint density at radius 1 is 1.08 bits per heavy atom. The largest absolute Gasteiger partial charge is 0.453 e. The maximum Gasteiger partial charge on any atom is 0.349 e. The van der Waals surface area contributed by atoms with E-state index >= 15 is 0 Å². The lowest BCUT2D eigenvalue weighted by molar-refractivity contribution is -0.137. The van der Waals surface area contributed by atoms with E-state index in [0.29, 0.717) is 11.1 Å². The molecule has 0 bridgehead atoms. The number of hydrogen-bond acceptors (Lipinski definition) is 4. The molecule has 0 aliphatic carbocycles. The molecule has 0 aliphatic heterocycles. The second-order valence-electron chi connectivity index (χ2n) is 5.38. The molecule has 2 aromatic rings. The Kier molecular flexibility index (Phi) is 5.64. The average Bonchev–Trinajstić information content (AvgIpc) is 2.60. The highest BCUT2D eigenvalue weighted by atomic mass is 16.5. The van der Waals surface area contributed by atoms with Crippen LogP contribution in [0.3, 0.4) is 0 Å². The highest BCUT2D eigenvalue weighted by Crippen LogP contribution is 2.11. The molecule has 4 heteroatoms. The van der Waals surface area contributed by atoms with Gasteiger partial charge in [-0.05, 0) is 42.7 Å². The lowest BCUT2D eigenvalue weighted by Crippen LogP contribution is -2.15. The molecular weight excluding hydrogens is 302 g/mol. The number of nitriles is 1. The molecule has 0 radical (unpaired) electrons. The molecule has 0 fully saturated rings. The summed E-state index contributed by atoms with van der Waals surface area (Å²) in [7, 11) is 0. The van der Waals surface area contributed by atoms with Crippen LogP contribution in [0.15, 0.2) is 54.1 Å². The molecule has 0 N–H and O–H groups in total. The Hall–Kier alpha value is -3.19. The molecular formula is C20H17NO3. The van der Waals surface area contributed by atoms with E-state index in [2.05, 4.69) is 0 Å². The first kappa shape index (κ1) is 17.2. The van der Waals surface area contributed by atoms with Crippen LogP contribution in [0.25, 0.3) is 6.08 Å². The topological polar surface area (TPSA) is 67.2 Å². The van der Waals surface area contributed by atoms with Crippen molar-refractivity contribution >= 4 is 17.8 Å². The Labute approximate surface area is 141 Å². The summed E-state index contributed by atoms with van der Waals surface area (Å²) < 4.78 is 4.97. The molecule has 0 amide bonds. The summed E-state index contributed by atoms with van der Waals surface area (Å²) in [5.41, 5.74) is 3.13. The van der Waals surface area contributed by atoms with Gasteiger partial charge in [0.15, 0.2) is 12.4 Å². The smallest absolute Gasteiger partial charge is 0.349 e. The second kappa shape index (κ2) is 7.89. The lowest BCUT2D eigenvalue weighted by Gasteiger charge is -2.06. The van der Waals surface area contributed by atoms with Gasteiger partial charge < -0.3 is 4.74 Å². The number of rotatable bonds is 5. The summed E-state index contributed by atoms with van der Waals surface area (Å²) in [5, 5.41) is 9.10. The van der Waals surface area contributed by atoms with E-state index in [1.165, 1.54) is 6.08 Å². The minimum absolute atomic E-state index is 0.144. The van der Waals surface area contributed by atoms with Crippen molar-refractivity contribution < 1.29 is 14.3 Å². The van der Waals surface area contributed by atoms with Crippen LogP contribution in [0.5, 0.6) is 0 Å². The van der Waals surface area contributed by atoms with Gasteiger partial charge in [-0.3, -0.25) is 4.79 Å². The number of nitrogens with zero attached hydrogens (tertiary/aromatic N) is 1. The van der Waals surface area contributed by atoms with Crippen molar-refractivity contribution in [3.63, 3.8) is 0 Å². The highest BCUT2D eigenvalue weighted by molar-refractivity contribution is 6.02. The molecule has 0 aliphatic rings. The number of hydrogen-bond donors (Lipinski definition) is 0. The van der Waals surface area contributed by atoms with Gasteiger partial charge in [0.05, 0.1) is 0 Å². The molecule has 0 spiro atoms. The molecule has 2 aromatic carbocycles. The Morgan fingerprint density at radius 2 is 1.79 bits per heavy atom. The van der Waals surface area contributed by atoms with E-state index in [-0.39, 0.29) is 11.4 Å². The number of ether oxygens (including phenoxy) is 1. The van der Waals surface area contributed by atoms with Crippen molar-refractivity contribution in [3.8, 4) is 6.07 Å². The predicted molar refractivity (Wildman–Crippen MR) is 91.2 cm³/mol. The SMILES string of the molecule is Cc1ccc(C(=O)COC(=O)C(C#N)=Cc2ccccc2)cc1C. The van der Waals surface area contributed by atoms with Crippen LogP contribution in [-0.2, 0) is 9.53 Å². The molecule has 0 saturated carbocycles. The molecule has 120 valence electrons. The number of esters is 1. The van der Waals surface area contributed by atoms with Gasteiger partial charge in [0.1, 0.15) is 11.6 Å². The van der Waals surface area contributed by atoms with E-state index in [9.17, 15) is 9.59 Å². The van der Waals surface area contributed by atoms with Gasteiger partial charge in [0.25, 0.3) is 0 Å². The van der Waals surface area contributed by atoms with Crippen molar-refractivity contribution in [1.29, 1.82) is 5.26 Å². The number of ketones is 1. The molecule has 0 unspecified atom stereocenters.